The summed E-state index contributed by atoms with van der Waals surface area (Å²) < 4.78 is 5.67. The summed E-state index contributed by atoms with van der Waals surface area (Å²) in [7, 11) is 0. The van der Waals surface area contributed by atoms with Gasteiger partial charge in [0.1, 0.15) is 5.75 Å². The molecule has 0 aliphatic carbocycles. The van der Waals surface area contributed by atoms with E-state index in [2.05, 4.69) is 4.98 Å². The van der Waals surface area contributed by atoms with E-state index >= 15 is 0 Å². The number of pyridine rings is 1. The Hall–Kier alpha value is -1.74. The Balaban J connectivity index is 2.30. The van der Waals surface area contributed by atoms with Gasteiger partial charge in [0.25, 0.3) is 0 Å². The Morgan fingerprint density at radius 2 is 1.94 bits per heavy atom. The second-order valence-corrected chi connectivity index (χ2v) is 4.33. The zero-order chi connectivity index (χ0) is 12.4. The Morgan fingerprint density at radius 3 is 2.59 bits per heavy atom. The lowest BCUT2D eigenvalue weighted by Gasteiger charge is -2.10. The van der Waals surface area contributed by atoms with Gasteiger partial charge >= 0.3 is 0 Å². The minimum absolute atomic E-state index is 0.515. The van der Waals surface area contributed by atoms with Crippen molar-refractivity contribution in [1.29, 1.82) is 0 Å². The van der Waals surface area contributed by atoms with Crippen molar-refractivity contribution < 1.29 is 4.74 Å². The molecule has 1 aromatic heterocycles. The normalized spacial score (nSPS) is 10.3. The highest BCUT2D eigenvalue weighted by molar-refractivity contribution is 6.30. The van der Waals surface area contributed by atoms with Crippen LogP contribution in [-0.2, 0) is 0 Å². The number of nitrogen functional groups attached to an aromatic ring is 1. The largest absolute Gasteiger partial charge is 0.439 e. The van der Waals surface area contributed by atoms with E-state index in [0.717, 1.165) is 22.6 Å². The van der Waals surface area contributed by atoms with Gasteiger partial charge in [0, 0.05) is 18.0 Å². The molecule has 1 heterocycles. The topological polar surface area (TPSA) is 48.1 Å². The van der Waals surface area contributed by atoms with E-state index in [0.29, 0.717) is 10.9 Å². The zero-order valence-electron chi connectivity index (χ0n) is 9.70. The third-order valence-electron chi connectivity index (χ3n) is 2.48. The number of halogens is 1. The number of aryl methyl sites for hydroxylation is 2. The van der Waals surface area contributed by atoms with E-state index in [1.165, 1.54) is 0 Å². The van der Waals surface area contributed by atoms with Crippen LogP contribution in [0.15, 0.2) is 30.5 Å². The molecule has 3 nitrogen and oxygen atoms in total. The van der Waals surface area contributed by atoms with Crippen LogP contribution in [0.2, 0.25) is 5.02 Å². The summed E-state index contributed by atoms with van der Waals surface area (Å²) in [6.07, 6.45) is 1.55. The van der Waals surface area contributed by atoms with Crippen molar-refractivity contribution in [1.82, 2.24) is 4.98 Å². The van der Waals surface area contributed by atoms with Crippen molar-refractivity contribution >= 4 is 17.3 Å². The molecule has 1 aromatic carbocycles. The molecule has 0 saturated carbocycles. The molecular weight excluding hydrogens is 236 g/mol. The first-order valence-electron chi connectivity index (χ1n) is 5.22. The number of benzene rings is 1. The van der Waals surface area contributed by atoms with Gasteiger partial charge in [0.15, 0.2) is 0 Å². The Labute approximate surface area is 105 Å². The van der Waals surface area contributed by atoms with Gasteiger partial charge in [-0.3, -0.25) is 0 Å². The first-order valence-corrected chi connectivity index (χ1v) is 5.60. The van der Waals surface area contributed by atoms with Gasteiger partial charge < -0.3 is 10.5 Å². The standard InChI is InChI=1S/C13H13ClN2O/c1-8-6-12(9(2)5-11(8)15)17-13-4-3-10(14)7-16-13/h3-7H,15H2,1-2H3. The van der Waals surface area contributed by atoms with Crippen LogP contribution in [0.3, 0.4) is 0 Å². The van der Waals surface area contributed by atoms with E-state index in [1.807, 2.05) is 26.0 Å². The van der Waals surface area contributed by atoms with Gasteiger partial charge in [0.05, 0.1) is 5.02 Å². The van der Waals surface area contributed by atoms with Gasteiger partial charge in [-0.25, -0.2) is 4.98 Å². The van der Waals surface area contributed by atoms with Crippen molar-refractivity contribution in [3.63, 3.8) is 0 Å². The van der Waals surface area contributed by atoms with Crippen LogP contribution in [-0.4, -0.2) is 4.98 Å². The smallest absolute Gasteiger partial charge is 0.219 e. The molecule has 0 aliphatic rings. The van der Waals surface area contributed by atoms with Crippen molar-refractivity contribution in [2.24, 2.45) is 0 Å². The maximum Gasteiger partial charge on any atom is 0.219 e. The summed E-state index contributed by atoms with van der Waals surface area (Å²) in [6, 6.07) is 7.26. The minimum Gasteiger partial charge on any atom is -0.439 e. The molecule has 88 valence electrons. The molecular formula is C13H13ClN2O. The number of ether oxygens (including phenoxy) is 1. The molecule has 2 N–H and O–H groups in total. The molecule has 0 atom stereocenters. The molecule has 0 spiro atoms. The summed E-state index contributed by atoms with van der Waals surface area (Å²) in [4.78, 5) is 4.08. The number of hydrogen-bond donors (Lipinski definition) is 1. The molecule has 2 rings (SSSR count). The van der Waals surface area contributed by atoms with E-state index in [4.69, 9.17) is 22.1 Å². The fourth-order valence-corrected chi connectivity index (χ4v) is 1.57. The molecule has 0 radical (unpaired) electrons. The zero-order valence-corrected chi connectivity index (χ0v) is 10.5. The first kappa shape index (κ1) is 11.7. The van der Waals surface area contributed by atoms with E-state index in [9.17, 15) is 0 Å². The highest BCUT2D eigenvalue weighted by Gasteiger charge is 2.05. The highest BCUT2D eigenvalue weighted by atomic mass is 35.5. The lowest BCUT2D eigenvalue weighted by Crippen LogP contribution is -1.95. The number of nitrogens with two attached hydrogens (primary N) is 1. The summed E-state index contributed by atoms with van der Waals surface area (Å²) in [5.74, 6) is 1.27. The second kappa shape index (κ2) is 4.63. The third-order valence-corrected chi connectivity index (χ3v) is 2.70. The maximum atomic E-state index is 5.81. The van der Waals surface area contributed by atoms with Gasteiger partial charge in [0.2, 0.25) is 5.88 Å². The van der Waals surface area contributed by atoms with Gasteiger partial charge in [-0.2, -0.15) is 0 Å². The van der Waals surface area contributed by atoms with Crippen LogP contribution >= 0.6 is 11.6 Å². The fraction of sp³-hybridized carbons (Fsp3) is 0.154. The summed E-state index contributed by atoms with van der Waals surface area (Å²) in [5.41, 5.74) is 8.54. The second-order valence-electron chi connectivity index (χ2n) is 3.89. The number of rotatable bonds is 2. The Morgan fingerprint density at radius 1 is 1.18 bits per heavy atom. The summed E-state index contributed by atoms with van der Waals surface area (Å²) in [5, 5.41) is 0.586. The Kier molecular flexibility index (Phi) is 3.20. The van der Waals surface area contributed by atoms with Crippen LogP contribution in [0.5, 0.6) is 11.6 Å². The maximum absolute atomic E-state index is 5.81. The average molecular weight is 249 g/mol. The lowest BCUT2D eigenvalue weighted by atomic mass is 10.1. The molecule has 17 heavy (non-hydrogen) atoms. The SMILES string of the molecule is Cc1cc(Oc2ccc(Cl)cn2)c(C)cc1N. The van der Waals surface area contributed by atoms with Crippen LogP contribution < -0.4 is 10.5 Å². The quantitative estimate of drug-likeness (QED) is 0.824. The highest BCUT2D eigenvalue weighted by Crippen LogP contribution is 2.28. The van der Waals surface area contributed by atoms with Gasteiger partial charge in [-0.05, 0) is 43.2 Å². The van der Waals surface area contributed by atoms with E-state index in [-0.39, 0.29) is 0 Å². The number of nitrogens with zero attached hydrogens (tertiary/aromatic N) is 1. The molecule has 0 fully saturated rings. The molecule has 0 unspecified atom stereocenters. The average Bonchev–Trinajstić information content (AvgIpc) is 2.29. The summed E-state index contributed by atoms with van der Waals surface area (Å²) >= 11 is 5.76. The third kappa shape index (κ3) is 2.68. The van der Waals surface area contributed by atoms with Crippen molar-refractivity contribution in [3.8, 4) is 11.6 Å². The van der Waals surface area contributed by atoms with Crippen molar-refractivity contribution in [3.05, 3.63) is 46.6 Å². The molecule has 0 amide bonds. The van der Waals surface area contributed by atoms with Gasteiger partial charge in [-0.15, -0.1) is 0 Å². The van der Waals surface area contributed by atoms with Crippen LogP contribution in [0, 0.1) is 13.8 Å². The van der Waals surface area contributed by atoms with Crippen LogP contribution in [0.4, 0.5) is 5.69 Å². The molecule has 0 aliphatic heterocycles. The fourth-order valence-electron chi connectivity index (χ4n) is 1.46. The van der Waals surface area contributed by atoms with Crippen LogP contribution in [0.1, 0.15) is 11.1 Å². The minimum atomic E-state index is 0.515. The van der Waals surface area contributed by atoms with Crippen molar-refractivity contribution in [2.45, 2.75) is 13.8 Å². The Bertz CT molecular complexity index is 538. The number of aromatic nitrogens is 1. The molecule has 2 aromatic rings. The number of hydrogen-bond acceptors (Lipinski definition) is 3. The monoisotopic (exact) mass is 248 g/mol. The van der Waals surface area contributed by atoms with Gasteiger partial charge in [-0.1, -0.05) is 11.6 Å². The lowest BCUT2D eigenvalue weighted by molar-refractivity contribution is 0.459. The van der Waals surface area contributed by atoms with E-state index in [1.54, 1.807) is 18.3 Å². The number of anilines is 1. The molecule has 0 saturated heterocycles. The molecule has 0 bridgehead atoms. The van der Waals surface area contributed by atoms with E-state index < -0.39 is 0 Å². The predicted octanol–water partition coefficient (Wildman–Crippen LogP) is 3.73. The first-order chi connectivity index (χ1) is 8.06. The van der Waals surface area contributed by atoms with Crippen LogP contribution in [0.25, 0.3) is 0 Å². The predicted molar refractivity (Wildman–Crippen MR) is 69.6 cm³/mol. The molecule has 4 heteroatoms. The summed E-state index contributed by atoms with van der Waals surface area (Å²) in [6.45, 7) is 3.89. The van der Waals surface area contributed by atoms with Crippen molar-refractivity contribution in [2.75, 3.05) is 5.73 Å².